The average Bonchev–Trinajstić information content (AvgIpc) is 3.15. The predicted octanol–water partition coefficient (Wildman–Crippen LogP) is 8.44. The van der Waals surface area contributed by atoms with Gasteiger partial charge in [-0.25, -0.2) is 14.8 Å². The van der Waals surface area contributed by atoms with E-state index < -0.39 is 17.7 Å². The summed E-state index contributed by atoms with van der Waals surface area (Å²) in [4.78, 5) is 22.4. The zero-order chi connectivity index (χ0) is 30.6. The monoisotopic (exact) mass is 599 g/mol. The summed E-state index contributed by atoms with van der Waals surface area (Å²) in [6.07, 6.45) is -0.983. The van der Waals surface area contributed by atoms with Crippen molar-refractivity contribution in [3.8, 4) is 17.0 Å². The Hall–Kier alpha value is -3.13. The van der Waals surface area contributed by atoms with Gasteiger partial charge in [0.05, 0.1) is 19.8 Å². The van der Waals surface area contributed by atoms with Crippen LogP contribution in [-0.4, -0.2) is 40.3 Å². The van der Waals surface area contributed by atoms with E-state index in [-0.39, 0.29) is 0 Å². The van der Waals surface area contributed by atoms with Gasteiger partial charge in [-0.05, 0) is 76.4 Å². The number of benzene rings is 1. The fraction of sp³-hybridized carbons (Fsp3) is 0.406. The molecule has 0 aliphatic heterocycles. The number of halogens is 2. The highest BCUT2D eigenvalue weighted by Gasteiger charge is 2.34. The van der Waals surface area contributed by atoms with Crippen LogP contribution in [0.5, 0.6) is 5.88 Å². The molecule has 1 aromatic carbocycles. The second-order valence-corrected chi connectivity index (χ2v) is 11.3. The first-order valence-corrected chi connectivity index (χ1v) is 14.3. The largest absolute Gasteiger partial charge is 0.481 e. The number of aryl methyl sites for hydroxylation is 2. The summed E-state index contributed by atoms with van der Waals surface area (Å²) in [6.45, 7) is 16.2. The van der Waals surface area contributed by atoms with Crippen molar-refractivity contribution in [2.45, 2.75) is 73.6 Å². The molecule has 41 heavy (non-hydrogen) atoms. The van der Waals surface area contributed by atoms with Crippen LogP contribution < -0.4 is 4.74 Å². The lowest BCUT2D eigenvalue weighted by Gasteiger charge is -2.29. The Morgan fingerprint density at radius 1 is 1.00 bits per heavy atom. The van der Waals surface area contributed by atoms with Gasteiger partial charge in [-0.1, -0.05) is 49.2 Å². The first-order valence-electron chi connectivity index (χ1n) is 13.6. The van der Waals surface area contributed by atoms with Crippen LogP contribution in [0.3, 0.4) is 0 Å². The molecule has 0 fully saturated rings. The standard InChI is InChI=1S/C30H33Cl2N3O4.C2H6/c1-16-18(3)35(15-19-13-22(32)34-23(14-19)37-7)28-24(16)26(20-9-11-21(31)12-10-20)25(17(2)33-28)27(29(36)38-8)39-30(4,5)6;1-2/h9-14,27H,15H2,1-8H3;1-2H3. The third-order valence-corrected chi connectivity index (χ3v) is 7.09. The maximum atomic E-state index is 13.2. The Morgan fingerprint density at radius 2 is 1.63 bits per heavy atom. The molecule has 0 N–H and O–H groups in total. The fourth-order valence-electron chi connectivity index (χ4n) is 4.81. The highest BCUT2D eigenvalue weighted by atomic mass is 35.5. The normalized spacial score (nSPS) is 12.1. The topological polar surface area (TPSA) is 75.5 Å². The van der Waals surface area contributed by atoms with E-state index in [1.54, 1.807) is 7.11 Å². The number of ether oxygens (including phenoxy) is 3. The van der Waals surface area contributed by atoms with Crippen molar-refractivity contribution in [3.05, 3.63) is 74.7 Å². The highest BCUT2D eigenvalue weighted by molar-refractivity contribution is 6.30. The second-order valence-electron chi connectivity index (χ2n) is 10.5. The molecule has 0 saturated carbocycles. The van der Waals surface area contributed by atoms with E-state index in [4.69, 9.17) is 42.4 Å². The zero-order valence-corrected chi connectivity index (χ0v) is 27.0. The molecule has 4 rings (SSSR count). The summed E-state index contributed by atoms with van der Waals surface area (Å²) in [6, 6.07) is 11.2. The first-order chi connectivity index (χ1) is 19.3. The van der Waals surface area contributed by atoms with E-state index in [1.807, 2.05) is 77.9 Å². The maximum absolute atomic E-state index is 13.2. The van der Waals surface area contributed by atoms with Crippen molar-refractivity contribution in [1.82, 2.24) is 14.5 Å². The Labute approximate surface area is 252 Å². The molecule has 220 valence electrons. The number of nitrogens with zero attached hydrogens (tertiary/aromatic N) is 3. The zero-order valence-electron chi connectivity index (χ0n) is 25.5. The van der Waals surface area contributed by atoms with E-state index >= 15 is 0 Å². The molecule has 0 amide bonds. The molecule has 0 radical (unpaired) electrons. The maximum Gasteiger partial charge on any atom is 0.339 e. The Morgan fingerprint density at radius 3 is 2.20 bits per heavy atom. The summed E-state index contributed by atoms with van der Waals surface area (Å²) in [5.74, 6) is -0.0476. The smallest absolute Gasteiger partial charge is 0.339 e. The Kier molecular flexibility index (Phi) is 10.5. The minimum atomic E-state index is -0.983. The number of hydrogen-bond acceptors (Lipinski definition) is 6. The molecule has 1 atom stereocenters. The van der Waals surface area contributed by atoms with Crippen molar-refractivity contribution in [2.75, 3.05) is 14.2 Å². The molecule has 0 aliphatic carbocycles. The number of rotatable bonds is 7. The van der Waals surface area contributed by atoms with Crippen molar-refractivity contribution in [3.63, 3.8) is 0 Å². The van der Waals surface area contributed by atoms with Gasteiger partial charge in [0, 0.05) is 45.5 Å². The van der Waals surface area contributed by atoms with Gasteiger partial charge < -0.3 is 18.8 Å². The van der Waals surface area contributed by atoms with Crippen LogP contribution in [0.2, 0.25) is 10.2 Å². The molecule has 1 unspecified atom stereocenters. The number of methoxy groups -OCH3 is 2. The molecule has 0 aliphatic rings. The van der Waals surface area contributed by atoms with Crippen LogP contribution in [0.1, 0.15) is 68.8 Å². The van der Waals surface area contributed by atoms with Gasteiger partial charge in [-0.3, -0.25) is 0 Å². The minimum absolute atomic E-state index is 0.351. The number of hydrogen-bond donors (Lipinski definition) is 0. The van der Waals surface area contributed by atoms with Crippen LogP contribution in [0.25, 0.3) is 22.2 Å². The third kappa shape index (κ3) is 7.03. The van der Waals surface area contributed by atoms with E-state index in [0.717, 1.165) is 39.0 Å². The number of fused-ring (bicyclic) bond motifs is 1. The van der Waals surface area contributed by atoms with E-state index in [1.165, 1.54) is 7.11 Å². The molecule has 0 bridgehead atoms. The predicted molar refractivity (Wildman–Crippen MR) is 166 cm³/mol. The lowest BCUT2D eigenvalue weighted by Crippen LogP contribution is -2.29. The van der Waals surface area contributed by atoms with Crippen LogP contribution in [0.15, 0.2) is 36.4 Å². The van der Waals surface area contributed by atoms with Gasteiger partial charge in [0.15, 0.2) is 6.10 Å². The molecule has 0 saturated heterocycles. The highest BCUT2D eigenvalue weighted by Crippen LogP contribution is 2.42. The van der Waals surface area contributed by atoms with E-state index in [9.17, 15) is 4.79 Å². The molecule has 9 heteroatoms. The summed E-state index contributed by atoms with van der Waals surface area (Å²) < 4.78 is 19.0. The summed E-state index contributed by atoms with van der Waals surface area (Å²) in [5.41, 5.74) is 6.24. The van der Waals surface area contributed by atoms with Crippen molar-refractivity contribution < 1.29 is 19.0 Å². The third-order valence-electron chi connectivity index (χ3n) is 6.65. The molecule has 4 aromatic rings. The molecular formula is C32H39Cl2N3O4. The van der Waals surface area contributed by atoms with Crippen LogP contribution in [0, 0.1) is 20.8 Å². The SMILES string of the molecule is CC.COC(=O)C(OC(C)(C)C)c1c(C)nc2c(c(C)c(C)n2Cc2cc(Cl)nc(OC)c2)c1-c1ccc(Cl)cc1. The second kappa shape index (κ2) is 13.2. The number of carbonyl (C=O) groups excluding carboxylic acids is 1. The summed E-state index contributed by atoms with van der Waals surface area (Å²) in [5, 5.41) is 1.89. The quantitative estimate of drug-likeness (QED) is 0.157. The molecule has 3 heterocycles. The fourth-order valence-corrected chi connectivity index (χ4v) is 5.16. The molecule has 0 spiro atoms. The van der Waals surface area contributed by atoms with Crippen LogP contribution >= 0.6 is 23.2 Å². The van der Waals surface area contributed by atoms with Gasteiger partial charge in [0.2, 0.25) is 5.88 Å². The van der Waals surface area contributed by atoms with Gasteiger partial charge >= 0.3 is 5.97 Å². The van der Waals surface area contributed by atoms with Crippen molar-refractivity contribution in [2.24, 2.45) is 0 Å². The van der Waals surface area contributed by atoms with Gasteiger partial charge in [-0.2, -0.15) is 0 Å². The van der Waals surface area contributed by atoms with Crippen LogP contribution in [-0.2, 0) is 20.8 Å². The molecular weight excluding hydrogens is 561 g/mol. The van der Waals surface area contributed by atoms with Crippen molar-refractivity contribution in [1.29, 1.82) is 0 Å². The van der Waals surface area contributed by atoms with E-state index in [0.29, 0.717) is 33.9 Å². The summed E-state index contributed by atoms with van der Waals surface area (Å²) in [7, 11) is 2.93. The van der Waals surface area contributed by atoms with Crippen molar-refractivity contribution >= 4 is 40.2 Å². The van der Waals surface area contributed by atoms with Crippen LogP contribution in [0.4, 0.5) is 0 Å². The number of pyridine rings is 2. The lowest BCUT2D eigenvalue weighted by atomic mass is 9.91. The lowest BCUT2D eigenvalue weighted by molar-refractivity contribution is -0.164. The number of carbonyl (C=O) groups is 1. The minimum Gasteiger partial charge on any atom is -0.481 e. The molecule has 3 aromatic heterocycles. The van der Waals surface area contributed by atoms with Gasteiger partial charge in [-0.15, -0.1) is 0 Å². The van der Waals surface area contributed by atoms with E-state index in [2.05, 4.69) is 23.4 Å². The first kappa shape index (κ1) is 32.4. The number of aromatic nitrogens is 3. The Balaban J connectivity index is 0.00000226. The number of esters is 1. The molecule has 7 nitrogen and oxygen atoms in total. The van der Waals surface area contributed by atoms with Gasteiger partial charge in [0.1, 0.15) is 10.8 Å². The Bertz CT molecular complexity index is 1540. The summed E-state index contributed by atoms with van der Waals surface area (Å²) >= 11 is 12.5. The average molecular weight is 601 g/mol. The van der Waals surface area contributed by atoms with Gasteiger partial charge in [0.25, 0.3) is 0 Å².